The number of aryl methyl sites for hydroxylation is 1. The molecule has 1 amide bonds. The van der Waals surface area contributed by atoms with Crippen LogP contribution in [0.25, 0.3) is 0 Å². The van der Waals surface area contributed by atoms with Crippen LogP contribution in [0.3, 0.4) is 0 Å². The van der Waals surface area contributed by atoms with E-state index in [1.54, 1.807) is 0 Å². The highest BCUT2D eigenvalue weighted by Gasteiger charge is 2.21. The molecule has 3 heteroatoms. The highest BCUT2D eigenvalue weighted by molar-refractivity contribution is 5.71. The zero-order chi connectivity index (χ0) is 10.7. The summed E-state index contributed by atoms with van der Waals surface area (Å²) in [6, 6.07) is 8.42. The van der Waals surface area contributed by atoms with Gasteiger partial charge in [-0.3, -0.25) is 9.63 Å². The van der Waals surface area contributed by atoms with E-state index in [1.165, 1.54) is 18.1 Å². The van der Waals surface area contributed by atoms with Crippen LogP contribution in [0.4, 0.5) is 0 Å². The van der Waals surface area contributed by atoms with Gasteiger partial charge in [0.15, 0.2) is 0 Å². The summed E-state index contributed by atoms with van der Waals surface area (Å²) in [5.74, 6) is 0.273. The molecule has 0 heterocycles. The molecule has 1 aliphatic rings. The summed E-state index contributed by atoms with van der Waals surface area (Å²) in [5, 5.41) is 0. The van der Waals surface area contributed by atoms with Crippen LogP contribution < -0.4 is 5.48 Å². The average Bonchev–Trinajstić information content (AvgIpc) is 2.62. The Hall–Kier alpha value is -1.35. The molecule has 1 N–H and O–H groups in total. The molecule has 0 fully saturated rings. The van der Waals surface area contributed by atoms with Gasteiger partial charge in [0.1, 0.15) is 0 Å². The molecule has 0 aromatic heterocycles. The Morgan fingerprint density at radius 3 is 3.13 bits per heavy atom. The van der Waals surface area contributed by atoms with Crippen LogP contribution in [-0.4, -0.2) is 12.5 Å². The van der Waals surface area contributed by atoms with E-state index in [-0.39, 0.29) is 5.91 Å². The first-order valence-electron chi connectivity index (χ1n) is 5.23. The minimum atomic E-state index is -0.152. The first kappa shape index (κ1) is 10.2. The molecule has 0 spiro atoms. The molecule has 0 saturated carbocycles. The minimum absolute atomic E-state index is 0.152. The van der Waals surface area contributed by atoms with Crippen LogP contribution in [0.2, 0.25) is 0 Å². The van der Waals surface area contributed by atoms with E-state index in [1.807, 2.05) is 0 Å². The zero-order valence-corrected chi connectivity index (χ0v) is 8.82. The average molecular weight is 205 g/mol. The minimum Gasteiger partial charge on any atom is -0.273 e. The summed E-state index contributed by atoms with van der Waals surface area (Å²) in [6.45, 7) is 2.01. The van der Waals surface area contributed by atoms with E-state index < -0.39 is 0 Å². The lowest BCUT2D eigenvalue weighted by Gasteiger charge is -2.11. The molecular weight excluding hydrogens is 190 g/mol. The van der Waals surface area contributed by atoms with E-state index in [2.05, 4.69) is 29.7 Å². The predicted octanol–water partition coefficient (Wildman–Crippen LogP) is 1.78. The van der Waals surface area contributed by atoms with Gasteiger partial charge in [-0.05, 0) is 24.0 Å². The number of nitrogens with one attached hydrogen (secondary N) is 1. The third kappa shape index (κ3) is 2.36. The van der Waals surface area contributed by atoms with E-state index in [9.17, 15) is 4.79 Å². The molecule has 3 nitrogen and oxygen atoms in total. The van der Waals surface area contributed by atoms with E-state index in [0.29, 0.717) is 12.5 Å². The molecule has 1 aromatic rings. The van der Waals surface area contributed by atoms with Gasteiger partial charge >= 0.3 is 0 Å². The Morgan fingerprint density at radius 2 is 2.33 bits per heavy atom. The number of carbonyl (C=O) groups excluding carboxylic acids is 1. The van der Waals surface area contributed by atoms with E-state index in [4.69, 9.17) is 4.84 Å². The van der Waals surface area contributed by atoms with Crippen LogP contribution in [0, 0.1) is 0 Å². The number of amides is 1. The first-order valence-corrected chi connectivity index (χ1v) is 5.23. The second kappa shape index (κ2) is 4.45. The Labute approximate surface area is 89.4 Å². The number of fused-ring (bicyclic) bond motifs is 1. The maximum Gasteiger partial charge on any atom is 0.240 e. The molecule has 80 valence electrons. The molecule has 1 aromatic carbocycles. The molecule has 0 bridgehead atoms. The quantitative estimate of drug-likeness (QED) is 0.764. The van der Waals surface area contributed by atoms with E-state index >= 15 is 0 Å². The fraction of sp³-hybridized carbons (Fsp3) is 0.417. The number of rotatable bonds is 3. The summed E-state index contributed by atoms with van der Waals surface area (Å²) in [7, 11) is 0. The van der Waals surface area contributed by atoms with Gasteiger partial charge in [-0.25, -0.2) is 5.48 Å². The van der Waals surface area contributed by atoms with Crippen molar-refractivity contribution in [2.24, 2.45) is 0 Å². The van der Waals surface area contributed by atoms with Crippen molar-refractivity contribution in [3.05, 3.63) is 35.4 Å². The smallest absolute Gasteiger partial charge is 0.240 e. The maximum atomic E-state index is 10.6. The standard InChI is InChI=1S/C12H15NO2/c1-9(14)13-15-8-11-7-6-10-4-2-3-5-12(10)11/h2-5,11H,6-8H2,1H3,(H,13,14)/t11-/m0/s1. The van der Waals surface area contributed by atoms with Crippen molar-refractivity contribution in [3.8, 4) is 0 Å². The van der Waals surface area contributed by atoms with Crippen molar-refractivity contribution in [3.63, 3.8) is 0 Å². The van der Waals surface area contributed by atoms with Gasteiger partial charge in [-0.2, -0.15) is 0 Å². The number of hydroxylamine groups is 1. The first-order chi connectivity index (χ1) is 7.27. The van der Waals surface area contributed by atoms with Gasteiger partial charge in [0.2, 0.25) is 5.91 Å². The van der Waals surface area contributed by atoms with Crippen molar-refractivity contribution >= 4 is 5.91 Å². The molecule has 0 aliphatic heterocycles. The number of hydrogen-bond donors (Lipinski definition) is 1. The van der Waals surface area contributed by atoms with Crippen molar-refractivity contribution in [2.45, 2.75) is 25.7 Å². The summed E-state index contributed by atoms with van der Waals surface area (Å²) < 4.78 is 0. The molecule has 0 radical (unpaired) electrons. The predicted molar refractivity (Wildman–Crippen MR) is 57.3 cm³/mol. The lowest BCUT2D eigenvalue weighted by molar-refractivity contribution is -0.131. The van der Waals surface area contributed by atoms with Crippen LogP contribution >= 0.6 is 0 Å². The Balaban J connectivity index is 1.93. The maximum absolute atomic E-state index is 10.6. The van der Waals surface area contributed by atoms with Crippen molar-refractivity contribution in [1.82, 2.24) is 5.48 Å². The van der Waals surface area contributed by atoms with Gasteiger partial charge in [-0.1, -0.05) is 24.3 Å². The molecule has 15 heavy (non-hydrogen) atoms. The summed E-state index contributed by atoms with van der Waals surface area (Å²) in [4.78, 5) is 15.8. The van der Waals surface area contributed by atoms with Gasteiger partial charge < -0.3 is 0 Å². The lowest BCUT2D eigenvalue weighted by Crippen LogP contribution is -2.22. The fourth-order valence-corrected chi connectivity index (χ4v) is 2.06. The zero-order valence-electron chi connectivity index (χ0n) is 8.82. The molecular formula is C12H15NO2. The topological polar surface area (TPSA) is 38.3 Å². The Bertz CT molecular complexity index is 362. The number of carbonyl (C=O) groups is 1. The van der Waals surface area contributed by atoms with Crippen LogP contribution in [0.15, 0.2) is 24.3 Å². The van der Waals surface area contributed by atoms with E-state index in [0.717, 1.165) is 12.8 Å². The molecule has 2 rings (SSSR count). The summed E-state index contributed by atoms with van der Waals surface area (Å²) in [5.41, 5.74) is 5.14. The van der Waals surface area contributed by atoms with Crippen LogP contribution in [0.1, 0.15) is 30.4 Å². The third-order valence-electron chi connectivity index (χ3n) is 2.76. The van der Waals surface area contributed by atoms with Crippen molar-refractivity contribution in [2.75, 3.05) is 6.61 Å². The largest absolute Gasteiger partial charge is 0.273 e. The molecule has 1 atom stereocenters. The van der Waals surface area contributed by atoms with Gasteiger partial charge in [0.05, 0.1) is 6.61 Å². The monoisotopic (exact) mass is 205 g/mol. The van der Waals surface area contributed by atoms with Gasteiger partial charge in [-0.15, -0.1) is 0 Å². The molecule has 0 unspecified atom stereocenters. The number of hydrogen-bond acceptors (Lipinski definition) is 2. The highest BCUT2D eigenvalue weighted by atomic mass is 16.6. The SMILES string of the molecule is CC(=O)NOC[C@@H]1CCc2ccccc21. The molecule has 1 aliphatic carbocycles. The highest BCUT2D eigenvalue weighted by Crippen LogP contribution is 2.32. The lowest BCUT2D eigenvalue weighted by atomic mass is 10.0. The second-order valence-corrected chi connectivity index (χ2v) is 3.90. The Kier molecular flexibility index (Phi) is 3.02. The summed E-state index contributed by atoms with van der Waals surface area (Å²) in [6.07, 6.45) is 2.23. The van der Waals surface area contributed by atoms with Crippen molar-refractivity contribution < 1.29 is 9.63 Å². The second-order valence-electron chi connectivity index (χ2n) is 3.90. The Morgan fingerprint density at radius 1 is 1.53 bits per heavy atom. The fourth-order valence-electron chi connectivity index (χ4n) is 2.06. The summed E-state index contributed by atoms with van der Waals surface area (Å²) >= 11 is 0. The van der Waals surface area contributed by atoms with Gasteiger partial charge in [0, 0.05) is 12.8 Å². The van der Waals surface area contributed by atoms with Crippen LogP contribution in [-0.2, 0) is 16.1 Å². The normalized spacial score (nSPS) is 18.6. The third-order valence-corrected chi connectivity index (χ3v) is 2.76. The molecule has 0 saturated heterocycles. The van der Waals surface area contributed by atoms with Crippen LogP contribution in [0.5, 0.6) is 0 Å². The number of benzene rings is 1. The van der Waals surface area contributed by atoms with Gasteiger partial charge in [0.25, 0.3) is 0 Å². The van der Waals surface area contributed by atoms with Crippen molar-refractivity contribution in [1.29, 1.82) is 0 Å².